The fourth-order valence-corrected chi connectivity index (χ4v) is 3.63. The zero-order valence-corrected chi connectivity index (χ0v) is 13.6. The van der Waals surface area contributed by atoms with Gasteiger partial charge in [0.15, 0.2) is 0 Å². The molecule has 1 aliphatic carbocycles. The minimum Gasteiger partial charge on any atom is -0.480 e. The molecule has 1 fully saturated rings. The van der Waals surface area contributed by atoms with Crippen LogP contribution in [0.1, 0.15) is 64.1 Å². The Balaban J connectivity index is 2.09. The van der Waals surface area contributed by atoms with Gasteiger partial charge in [-0.3, -0.25) is 4.98 Å². The molecule has 0 bridgehead atoms. The van der Waals surface area contributed by atoms with Crippen LogP contribution in [-0.2, 0) is 0 Å². The first-order valence-corrected chi connectivity index (χ1v) is 8.38. The maximum atomic E-state index is 5.41. The van der Waals surface area contributed by atoms with E-state index in [2.05, 4.69) is 29.1 Å². The largest absolute Gasteiger partial charge is 0.480 e. The predicted molar refractivity (Wildman–Crippen MR) is 85.4 cm³/mol. The molecule has 118 valence electrons. The van der Waals surface area contributed by atoms with Crippen molar-refractivity contribution >= 4 is 0 Å². The van der Waals surface area contributed by atoms with Crippen LogP contribution in [0.2, 0.25) is 0 Å². The van der Waals surface area contributed by atoms with Crippen molar-refractivity contribution < 1.29 is 4.74 Å². The average Bonchev–Trinajstić information content (AvgIpc) is 2.54. The first-order chi connectivity index (χ1) is 10.3. The second-order valence-electron chi connectivity index (χ2n) is 6.06. The van der Waals surface area contributed by atoms with Crippen LogP contribution in [0.5, 0.6) is 5.88 Å². The highest BCUT2D eigenvalue weighted by Crippen LogP contribution is 2.39. The van der Waals surface area contributed by atoms with Gasteiger partial charge in [-0.25, -0.2) is 4.98 Å². The van der Waals surface area contributed by atoms with Crippen molar-refractivity contribution in [2.45, 2.75) is 58.4 Å². The fraction of sp³-hybridized carbons (Fsp3) is 0.765. The van der Waals surface area contributed by atoms with Gasteiger partial charge in [-0.1, -0.05) is 39.5 Å². The summed E-state index contributed by atoms with van der Waals surface area (Å²) in [6.07, 6.45) is 11.4. The minimum absolute atomic E-state index is 0.265. The van der Waals surface area contributed by atoms with Gasteiger partial charge in [0.1, 0.15) is 5.69 Å². The summed E-state index contributed by atoms with van der Waals surface area (Å²) in [5.41, 5.74) is 0.973. The van der Waals surface area contributed by atoms with Crippen LogP contribution in [0.15, 0.2) is 12.4 Å². The number of hydrogen-bond donors (Lipinski definition) is 1. The summed E-state index contributed by atoms with van der Waals surface area (Å²) in [6.45, 7) is 5.38. The molecule has 1 aliphatic rings. The molecule has 0 saturated heterocycles. The maximum absolute atomic E-state index is 5.41. The summed E-state index contributed by atoms with van der Waals surface area (Å²) in [6, 6.07) is 0.265. The van der Waals surface area contributed by atoms with Gasteiger partial charge in [-0.05, 0) is 31.2 Å². The van der Waals surface area contributed by atoms with E-state index < -0.39 is 0 Å². The van der Waals surface area contributed by atoms with E-state index >= 15 is 0 Å². The van der Waals surface area contributed by atoms with Crippen molar-refractivity contribution in [3.05, 3.63) is 18.1 Å². The third-order valence-corrected chi connectivity index (χ3v) is 4.66. The molecule has 21 heavy (non-hydrogen) atoms. The average molecular weight is 291 g/mol. The predicted octanol–water partition coefficient (Wildman–Crippen LogP) is 3.74. The van der Waals surface area contributed by atoms with Gasteiger partial charge in [0.2, 0.25) is 5.88 Å². The Morgan fingerprint density at radius 1 is 1.19 bits per heavy atom. The maximum Gasteiger partial charge on any atom is 0.237 e. The van der Waals surface area contributed by atoms with Crippen molar-refractivity contribution in [3.8, 4) is 5.88 Å². The fourth-order valence-electron chi connectivity index (χ4n) is 3.63. The highest BCUT2D eigenvalue weighted by atomic mass is 16.5. The highest BCUT2D eigenvalue weighted by molar-refractivity contribution is 5.22. The van der Waals surface area contributed by atoms with Gasteiger partial charge < -0.3 is 10.1 Å². The molecule has 1 N–H and O–H groups in total. The quantitative estimate of drug-likeness (QED) is 0.831. The van der Waals surface area contributed by atoms with E-state index in [1.165, 1.54) is 38.5 Å². The summed E-state index contributed by atoms with van der Waals surface area (Å²) in [7, 11) is 1.68. The lowest BCUT2D eigenvalue weighted by atomic mass is 9.76. The van der Waals surface area contributed by atoms with E-state index in [-0.39, 0.29) is 6.04 Å². The molecule has 0 aromatic carbocycles. The van der Waals surface area contributed by atoms with Gasteiger partial charge in [0.25, 0.3) is 0 Å². The van der Waals surface area contributed by atoms with Gasteiger partial charge in [-0.2, -0.15) is 0 Å². The highest BCUT2D eigenvalue weighted by Gasteiger charge is 2.30. The molecule has 1 unspecified atom stereocenters. The summed E-state index contributed by atoms with van der Waals surface area (Å²) >= 11 is 0. The third kappa shape index (κ3) is 4.16. The van der Waals surface area contributed by atoms with E-state index in [9.17, 15) is 0 Å². The smallest absolute Gasteiger partial charge is 0.237 e. The lowest BCUT2D eigenvalue weighted by Crippen LogP contribution is -2.32. The molecule has 0 radical (unpaired) electrons. The zero-order chi connectivity index (χ0) is 15.1. The van der Waals surface area contributed by atoms with Crippen molar-refractivity contribution in [2.24, 2.45) is 11.8 Å². The van der Waals surface area contributed by atoms with E-state index in [1.54, 1.807) is 19.5 Å². The Bertz CT molecular complexity index is 416. The first-order valence-electron chi connectivity index (χ1n) is 8.38. The van der Waals surface area contributed by atoms with Crippen LogP contribution < -0.4 is 10.1 Å². The molecule has 0 spiro atoms. The molecule has 1 saturated carbocycles. The van der Waals surface area contributed by atoms with Gasteiger partial charge in [0, 0.05) is 12.4 Å². The second-order valence-corrected chi connectivity index (χ2v) is 6.06. The first kappa shape index (κ1) is 16.2. The van der Waals surface area contributed by atoms with Crippen LogP contribution in [0.4, 0.5) is 0 Å². The molecule has 4 heteroatoms. The summed E-state index contributed by atoms with van der Waals surface area (Å²) in [4.78, 5) is 8.86. The molecule has 1 heterocycles. The SMILES string of the molecule is CCCC1CCC(C(NCC)c2nccnc2OC)CC1. The lowest BCUT2D eigenvalue weighted by molar-refractivity contribution is 0.210. The van der Waals surface area contributed by atoms with Gasteiger partial charge in [0.05, 0.1) is 13.2 Å². The summed E-state index contributed by atoms with van der Waals surface area (Å²) < 4.78 is 5.41. The zero-order valence-electron chi connectivity index (χ0n) is 13.6. The van der Waals surface area contributed by atoms with Crippen molar-refractivity contribution in [1.82, 2.24) is 15.3 Å². The Morgan fingerprint density at radius 3 is 2.52 bits per heavy atom. The number of aromatic nitrogens is 2. The van der Waals surface area contributed by atoms with Crippen molar-refractivity contribution in [2.75, 3.05) is 13.7 Å². The Hall–Kier alpha value is -1.16. The van der Waals surface area contributed by atoms with E-state index in [1.807, 2.05) is 0 Å². The van der Waals surface area contributed by atoms with E-state index in [0.717, 1.165) is 18.2 Å². The molecule has 2 rings (SSSR count). The van der Waals surface area contributed by atoms with E-state index in [0.29, 0.717) is 11.8 Å². The van der Waals surface area contributed by atoms with E-state index in [4.69, 9.17) is 4.74 Å². The molecular weight excluding hydrogens is 262 g/mol. The van der Waals surface area contributed by atoms with Gasteiger partial charge in [-0.15, -0.1) is 0 Å². The monoisotopic (exact) mass is 291 g/mol. The molecule has 4 nitrogen and oxygen atoms in total. The van der Waals surface area contributed by atoms with Crippen LogP contribution in [0, 0.1) is 11.8 Å². The summed E-state index contributed by atoms with van der Waals surface area (Å²) in [5.74, 6) is 2.24. The second kappa shape index (κ2) is 8.32. The number of hydrogen-bond acceptors (Lipinski definition) is 4. The molecule has 1 atom stereocenters. The van der Waals surface area contributed by atoms with Gasteiger partial charge >= 0.3 is 0 Å². The molecule has 1 aromatic rings. The van der Waals surface area contributed by atoms with Crippen LogP contribution in [-0.4, -0.2) is 23.6 Å². The Morgan fingerprint density at radius 2 is 1.90 bits per heavy atom. The van der Waals surface area contributed by atoms with Crippen molar-refractivity contribution in [3.63, 3.8) is 0 Å². The molecule has 0 aliphatic heterocycles. The number of ether oxygens (including phenoxy) is 1. The van der Waals surface area contributed by atoms with Crippen molar-refractivity contribution in [1.29, 1.82) is 0 Å². The molecule has 0 amide bonds. The normalized spacial score (nSPS) is 23.8. The van der Waals surface area contributed by atoms with Crippen LogP contribution in [0.3, 0.4) is 0 Å². The topological polar surface area (TPSA) is 47.0 Å². The molecule has 1 aromatic heterocycles. The number of rotatable bonds is 7. The number of nitrogens with one attached hydrogen (secondary N) is 1. The Kier molecular flexibility index (Phi) is 6.43. The Labute approximate surface area is 128 Å². The third-order valence-electron chi connectivity index (χ3n) is 4.66. The summed E-state index contributed by atoms with van der Waals surface area (Å²) in [5, 5.41) is 3.61. The number of methoxy groups -OCH3 is 1. The standard InChI is InChI=1S/C17H29N3O/c1-4-6-13-7-9-14(10-8-13)15(18-5-2)16-17(21-3)20-12-11-19-16/h11-15,18H,4-10H2,1-3H3. The van der Waals surface area contributed by atoms with Crippen LogP contribution in [0.25, 0.3) is 0 Å². The van der Waals surface area contributed by atoms with Crippen LogP contribution >= 0.6 is 0 Å². The lowest BCUT2D eigenvalue weighted by Gasteiger charge is -2.34. The molecular formula is C17H29N3O. The number of nitrogens with zero attached hydrogens (tertiary/aromatic N) is 2. The minimum atomic E-state index is 0.265.